The summed E-state index contributed by atoms with van der Waals surface area (Å²) in [7, 11) is 0. The summed E-state index contributed by atoms with van der Waals surface area (Å²) in [5.74, 6) is -2.42. The summed E-state index contributed by atoms with van der Waals surface area (Å²) >= 11 is 0. The molecule has 2 aromatic carbocycles. The van der Waals surface area contributed by atoms with Gasteiger partial charge in [0, 0.05) is 17.4 Å². The van der Waals surface area contributed by atoms with Gasteiger partial charge in [-0.15, -0.1) is 0 Å². The van der Waals surface area contributed by atoms with Crippen molar-refractivity contribution in [2.75, 3.05) is 0 Å². The Morgan fingerprint density at radius 3 is 2.64 bits per heavy atom. The molecule has 0 bridgehead atoms. The Morgan fingerprint density at radius 1 is 1.18 bits per heavy atom. The number of carbonyl (C=O) groups excluding carboxylic acids is 1. The molecule has 6 heteroatoms. The Morgan fingerprint density at radius 2 is 1.91 bits per heavy atom. The van der Waals surface area contributed by atoms with E-state index >= 15 is 0 Å². The first-order valence-corrected chi connectivity index (χ1v) is 6.52. The first kappa shape index (κ1) is 13.9. The smallest absolute Gasteiger partial charge is 0.272 e. The summed E-state index contributed by atoms with van der Waals surface area (Å²) in [4.78, 5) is 22.6. The van der Waals surface area contributed by atoms with Gasteiger partial charge in [0.25, 0.3) is 5.56 Å². The molecule has 0 unspecified atom stereocenters. The first-order valence-electron chi connectivity index (χ1n) is 6.52. The van der Waals surface area contributed by atoms with E-state index in [1.165, 1.54) is 12.1 Å². The molecule has 0 fully saturated rings. The van der Waals surface area contributed by atoms with Gasteiger partial charge in [-0.2, -0.15) is 5.10 Å². The van der Waals surface area contributed by atoms with Crippen LogP contribution in [0.2, 0.25) is 0 Å². The van der Waals surface area contributed by atoms with E-state index in [-0.39, 0.29) is 12.0 Å². The van der Waals surface area contributed by atoms with Crippen LogP contribution < -0.4 is 10.7 Å². The summed E-state index contributed by atoms with van der Waals surface area (Å²) in [5, 5.41) is 18.4. The molecule has 1 heterocycles. The van der Waals surface area contributed by atoms with Gasteiger partial charge < -0.3 is 9.90 Å². The predicted molar refractivity (Wildman–Crippen MR) is 75.9 cm³/mol. The number of nitrogens with zero attached hydrogens (tertiary/aromatic N) is 1. The van der Waals surface area contributed by atoms with Crippen LogP contribution in [-0.4, -0.2) is 16.2 Å². The number of hydrogen-bond donors (Lipinski definition) is 1. The van der Waals surface area contributed by atoms with E-state index < -0.39 is 17.3 Å². The number of carboxylic acids is 1. The molecular formula is C16H10FN2O3-. The van der Waals surface area contributed by atoms with Gasteiger partial charge in [-0.3, -0.25) is 4.79 Å². The zero-order valence-electron chi connectivity index (χ0n) is 11.3. The van der Waals surface area contributed by atoms with Crippen molar-refractivity contribution in [3.63, 3.8) is 0 Å². The van der Waals surface area contributed by atoms with Crippen molar-refractivity contribution in [1.82, 2.24) is 10.2 Å². The third-order valence-corrected chi connectivity index (χ3v) is 3.40. The van der Waals surface area contributed by atoms with Gasteiger partial charge >= 0.3 is 0 Å². The average molecular weight is 297 g/mol. The Labute approximate surface area is 124 Å². The highest BCUT2D eigenvalue weighted by Gasteiger charge is 2.09. The number of halogens is 1. The predicted octanol–water partition coefficient (Wildman–Crippen LogP) is 1.02. The Kier molecular flexibility index (Phi) is 3.42. The number of carbonyl (C=O) groups is 1. The molecule has 3 aromatic rings. The Bertz CT molecular complexity index is 934. The second-order valence-electron chi connectivity index (χ2n) is 4.82. The molecule has 22 heavy (non-hydrogen) atoms. The third-order valence-electron chi connectivity index (χ3n) is 3.40. The van der Waals surface area contributed by atoms with Gasteiger partial charge in [-0.1, -0.05) is 24.3 Å². The highest BCUT2D eigenvalue weighted by molar-refractivity contribution is 5.86. The van der Waals surface area contributed by atoms with Crippen molar-refractivity contribution in [3.8, 4) is 0 Å². The normalized spacial score (nSPS) is 10.8. The Hall–Kier alpha value is -3.02. The van der Waals surface area contributed by atoms with E-state index in [1.54, 1.807) is 24.3 Å². The van der Waals surface area contributed by atoms with Gasteiger partial charge in [0.2, 0.25) is 0 Å². The number of aromatic nitrogens is 2. The van der Waals surface area contributed by atoms with E-state index in [0.29, 0.717) is 22.0 Å². The molecule has 0 spiro atoms. The van der Waals surface area contributed by atoms with Crippen molar-refractivity contribution in [2.24, 2.45) is 0 Å². The molecule has 0 aliphatic carbocycles. The number of carboxylic acid groups (broad SMARTS) is 1. The highest BCUT2D eigenvalue weighted by atomic mass is 19.1. The molecule has 110 valence electrons. The molecule has 0 saturated heterocycles. The van der Waals surface area contributed by atoms with E-state index in [9.17, 15) is 19.1 Å². The monoisotopic (exact) mass is 297 g/mol. The number of fused-ring (bicyclic) bond motifs is 1. The first-order chi connectivity index (χ1) is 10.6. The highest BCUT2D eigenvalue weighted by Crippen LogP contribution is 2.18. The fraction of sp³-hybridized carbons (Fsp3) is 0.0625. The minimum Gasteiger partial charge on any atom is -0.545 e. The number of H-pyrrole nitrogens is 1. The minimum absolute atomic E-state index is 0.262. The molecule has 3 rings (SSSR count). The number of nitrogens with one attached hydrogen (secondary N) is 1. The largest absolute Gasteiger partial charge is 0.545 e. The molecule has 5 nitrogen and oxygen atoms in total. The number of aromatic amines is 1. The number of benzene rings is 2. The maximum absolute atomic E-state index is 13.4. The van der Waals surface area contributed by atoms with Crippen LogP contribution in [-0.2, 0) is 6.42 Å². The van der Waals surface area contributed by atoms with Crippen LogP contribution in [0.15, 0.2) is 47.3 Å². The van der Waals surface area contributed by atoms with E-state index in [2.05, 4.69) is 10.2 Å². The summed E-state index contributed by atoms with van der Waals surface area (Å²) in [5.41, 5.74) is 0.344. The van der Waals surface area contributed by atoms with Crippen molar-refractivity contribution in [2.45, 2.75) is 6.42 Å². The fourth-order valence-corrected chi connectivity index (χ4v) is 2.34. The second-order valence-corrected chi connectivity index (χ2v) is 4.82. The van der Waals surface area contributed by atoms with Gasteiger partial charge in [-0.25, -0.2) is 9.49 Å². The molecule has 0 saturated carbocycles. The zero-order valence-corrected chi connectivity index (χ0v) is 11.3. The van der Waals surface area contributed by atoms with Crippen LogP contribution in [0.25, 0.3) is 10.8 Å². The van der Waals surface area contributed by atoms with Gasteiger partial charge in [0.05, 0.1) is 17.0 Å². The number of hydrogen-bond acceptors (Lipinski definition) is 4. The lowest BCUT2D eigenvalue weighted by molar-refractivity contribution is -0.255. The second kappa shape index (κ2) is 5.40. The quantitative estimate of drug-likeness (QED) is 0.782. The van der Waals surface area contributed by atoms with Crippen LogP contribution >= 0.6 is 0 Å². The fourth-order valence-electron chi connectivity index (χ4n) is 2.34. The standard InChI is InChI=1S/C16H11FN2O3/c17-13-6-5-9(7-12(13)16(21)22)8-14-10-3-1-2-4-11(10)15(20)19-18-14/h1-7H,8H2,(H,19,20)(H,21,22)/p-1. The van der Waals surface area contributed by atoms with Gasteiger partial charge in [0.1, 0.15) is 5.82 Å². The molecule has 0 aliphatic rings. The van der Waals surface area contributed by atoms with Crippen molar-refractivity contribution in [3.05, 3.63) is 75.5 Å². The van der Waals surface area contributed by atoms with Crippen LogP contribution in [0.5, 0.6) is 0 Å². The third kappa shape index (κ3) is 2.46. The van der Waals surface area contributed by atoms with Crippen LogP contribution in [0.1, 0.15) is 21.6 Å². The SMILES string of the molecule is O=C([O-])c1cc(Cc2n[nH]c(=O)c3ccccc23)ccc1F. The molecular weight excluding hydrogens is 287 g/mol. The average Bonchev–Trinajstić information content (AvgIpc) is 2.52. The zero-order chi connectivity index (χ0) is 15.7. The number of aromatic carboxylic acids is 1. The minimum atomic E-state index is -1.57. The topological polar surface area (TPSA) is 85.9 Å². The maximum Gasteiger partial charge on any atom is 0.272 e. The van der Waals surface area contributed by atoms with E-state index in [0.717, 1.165) is 6.07 Å². The van der Waals surface area contributed by atoms with Gasteiger partial charge in [-0.05, 0) is 23.8 Å². The molecule has 1 N–H and O–H groups in total. The lowest BCUT2D eigenvalue weighted by Crippen LogP contribution is -2.23. The molecule has 0 radical (unpaired) electrons. The Balaban J connectivity index is 2.08. The lowest BCUT2D eigenvalue weighted by atomic mass is 10.0. The summed E-state index contributed by atoms with van der Waals surface area (Å²) in [6.07, 6.45) is 0.262. The van der Waals surface area contributed by atoms with Crippen LogP contribution in [0.3, 0.4) is 0 Å². The van der Waals surface area contributed by atoms with E-state index in [1.807, 2.05) is 0 Å². The lowest BCUT2D eigenvalue weighted by Gasteiger charge is -2.08. The molecule has 0 amide bonds. The van der Waals surface area contributed by atoms with Crippen LogP contribution in [0.4, 0.5) is 4.39 Å². The van der Waals surface area contributed by atoms with Gasteiger partial charge in [0.15, 0.2) is 0 Å². The molecule has 0 atom stereocenters. The number of rotatable bonds is 3. The molecule has 0 aliphatic heterocycles. The van der Waals surface area contributed by atoms with Crippen molar-refractivity contribution >= 4 is 16.7 Å². The maximum atomic E-state index is 13.4. The summed E-state index contributed by atoms with van der Waals surface area (Å²) in [6.45, 7) is 0. The van der Waals surface area contributed by atoms with Crippen molar-refractivity contribution in [1.29, 1.82) is 0 Å². The van der Waals surface area contributed by atoms with Crippen LogP contribution in [0, 0.1) is 5.82 Å². The molecule has 1 aromatic heterocycles. The summed E-state index contributed by atoms with van der Waals surface area (Å²) in [6, 6.07) is 10.7. The van der Waals surface area contributed by atoms with Crippen molar-refractivity contribution < 1.29 is 14.3 Å². The van der Waals surface area contributed by atoms with E-state index in [4.69, 9.17) is 0 Å². The summed E-state index contributed by atoms with van der Waals surface area (Å²) < 4.78 is 13.4.